The van der Waals surface area contributed by atoms with Crippen LogP contribution >= 0.6 is 0 Å². The number of benzene rings is 1. The lowest BCUT2D eigenvalue weighted by Crippen LogP contribution is -2.57. The van der Waals surface area contributed by atoms with Gasteiger partial charge in [0.15, 0.2) is 25.2 Å². The molecule has 6 heteroatoms. The molecule has 1 aromatic carbocycles. The van der Waals surface area contributed by atoms with E-state index in [4.69, 9.17) is 18.9 Å². The van der Waals surface area contributed by atoms with E-state index in [1.807, 2.05) is 13.8 Å². The predicted octanol–water partition coefficient (Wildman–Crippen LogP) is 2.73. The Morgan fingerprint density at radius 3 is 2.08 bits per heavy atom. The molecule has 2 aliphatic heterocycles. The molecule has 0 spiro atoms. The van der Waals surface area contributed by atoms with Gasteiger partial charge in [-0.1, -0.05) is 12.1 Å². The van der Waals surface area contributed by atoms with Crippen molar-refractivity contribution in [3.05, 3.63) is 35.6 Å². The third kappa shape index (κ3) is 2.86. The Kier molecular flexibility index (Phi) is 4.34. The zero-order valence-corrected chi connectivity index (χ0v) is 13.8. The standard InChI is InChI=1S/C18H23FO5/c1-9-21-17(22-9)13-7-8-14(20)15(11-3-5-12(19)6-4-11)16(13)18-23-10(2)24-18/h3-6,9-10,13-18,20H,7-8H2,1-2H3/t9?,10?,13-,14-,15+,16+,17?,18?/m0/s1. The van der Waals surface area contributed by atoms with E-state index < -0.39 is 12.4 Å². The van der Waals surface area contributed by atoms with Crippen LogP contribution in [0.3, 0.4) is 0 Å². The number of halogens is 1. The van der Waals surface area contributed by atoms with E-state index >= 15 is 0 Å². The van der Waals surface area contributed by atoms with Gasteiger partial charge >= 0.3 is 0 Å². The van der Waals surface area contributed by atoms with Crippen molar-refractivity contribution in [2.45, 2.75) is 63.9 Å². The number of aliphatic hydroxyl groups is 1. The number of hydrogen-bond acceptors (Lipinski definition) is 5. The van der Waals surface area contributed by atoms with Gasteiger partial charge in [-0.15, -0.1) is 0 Å². The number of aliphatic hydroxyl groups excluding tert-OH is 1. The third-order valence-corrected chi connectivity index (χ3v) is 5.34. The molecule has 1 aromatic rings. The van der Waals surface area contributed by atoms with E-state index in [0.29, 0.717) is 6.42 Å². The summed E-state index contributed by atoms with van der Waals surface area (Å²) in [7, 11) is 0. The molecule has 0 amide bonds. The van der Waals surface area contributed by atoms with Crippen LogP contribution in [-0.2, 0) is 18.9 Å². The van der Waals surface area contributed by atoms with Crippen molar-refractivity contribution >= 4 is 0 Å². The molecule has 4 rings (SSSR count). The predicted molar refractivity (Wildman–Crippen MR) is 82.2 cm³/mol. The summed E-state index contributed by atoms with van der Waals surface area (Å²) < 4.78 is 36.3. The molecule has 24 heavy (non-hydrogen) atoms. The van der Waals surface area contributed by atoms with Crippen LogP contribution in [-0.4, -0.2) is 36.4 Å². The summed E-state index contributed by atoms with van der Waals surface area (Å²) in [6, 6.07) is 6.30. The normalized spacial score (nSPS) is 45.3. The summed E-state index contributed by atoms with van der Waals surface area (Å²) in [4.78, 5) is 0. The molecule has 2 heterocycles. The average Bonchev–Trinajstić information content (AvgIpc) is 2.50. The highest BCUT2D eigenvalue weighted by Gasteiger charge is 2.53. The highest BCUT2D eigenvalue weighted by atomic mass is 19.1. The van der Waals surface area contributed by atoms with Crippen LogP contribution < -0.4 is 0 Å². The van der Waals surface area contributed by atoms with E-state index in [2.05, 4.69) is 0 Å². The van der Waals surface area contributed by atoms with Gasteiger partial charge in [0.05, 0.1) is 6.10 Å². The fourth-order valence-electron chi connectivity index (χ4n) is 4.24. The molecule has 1 N–H and O–H groups in total. The van der Waals surface area contributed by atoms with Crippen LogP contribution in [0.2, 0.25) is 0 Å². The molecule has 0 bridgehead atoms. The molecular formula is C18H23FO5. The van der Waals surface area contributed by atoms with Crippen LogP contribution in [0.1, 0.15) is 38.2 Å². The van der Waals surface area contributed by atoms with Crippen molar-refractivity contribution in [3.8, 4) is 0 Å². The largest absolute Gasteiger partial charge is 0.392 e. The molecule has 5 nitrogen and oxygen atoms in total. The van der Waals surface area contributed by atoms with Crippen molar-refractivity contribution in [2.75, 3.05) is 0 Å². The van der Waals surface area contributed by atoms with E-state index in [1.165, 1.54) is 12.1 Å². The van der Waals surface area contributed by atoms with Crippen LogP contribution in [0.4, 0.5) is 4.39 Å². The van der Waals surface area contributed by atoms with E-state index in [0.717, 1.165) is 12.0 Å². The van der Waals surface area contributed by atoms with Gasteiger partial charge in [0, 0.05) is 17.8 Å². The Bertz CT molecular complexity index is 567. The molecule has 4 atom stereocenters. The molecule has 0 unspecified atom stereocenters. The highest BCUT2D eigenvalue weighted by Crippen LogP contribution is 2.50. The summed E-state index contributed by atoms with van der Waals surface area (Å²) in [6.07, 6.45) is -0.264. The quantitative estimate of drug-likeness (QED) is 0.918. The first-order valence-electron chi connectivity index (χ1n) is 8.58. The van der Waals surface area contributed by atoms with Crippen molar-refractivity contribution in [1.29, 1.82) is 0 Å². The maximum Gasteiger partial charge on any atom is 0.167 e. The average molecular weight is 338 g/mol. The summed E-state index contributed by atoms with van der Waals surface area (Å²) in [5.41, 5.74) is 0.887. The molecule has 132 valence electrons. The number of hydrogen-bond donors (Lipinski definition) is 1. The van der Waals surface area contributed by atoms with E-state index in [9.17, 15) is 9.50 Å². The molecule has 1 aliphatic carbocycles. The summed E-state index contributed by atoms with van der Waals surface area (Å²) in [6.45, 7) is 3.70. The number of rotatable bonds is 3. The SMILES string of the molecule is CC1OC([C@H]2[C@H](c3ccc(F)cc3)[C@@H](O)CC[C@@H]2C2OC(C)O2)O1. The van der Waals surface area contributed by atoms with Gasteiger partial charge in [0.2, 0.25) is 0 Å². The smallest absolute Gasteiger partial charge is 0.167 e. The molecule has 1 saturated carbocycles. The zero-order chi connectivity index (χ0) is 16.8. The van der Waals surface area contributed by atoms with Gasteiger partial charge in [-0.25, -0.2) is 4.39 Å². The Morgan fingerprint density at radius 1 is 0.917 bits per heavy atom. The van der Waals surface area contributed by atoms with Crippen LogP contribution in [0.25, 0.3) is 0 Å². The first kappa shape index (κ1) is 16.4. The zero-order valence-electron chi connectivity index (χ0n) is 13.8. The molecular weight excluding hydrogens is 315 g/mol. The van der Waals surface area contributed by atoms with Gasteiger partial charge in [0.1, 0.15) is 5.82 Å². The van der Waals surface area contributed by atoms with Crippen molar-refractivity contribution in [1.82, 2.24) is 0 Å². The maximum absolute atomic E-state index is 13.3. The van der Waals surface area contributed by atoms with Crippen LogP contribution in [0.5, 0.6) is 0 Å². The summed E-state index contributed by atoms with van der Waals surface area (Å²) in [5, 5.41) is 10.7. The highest BCUT2D eigenvalue weighted by molar-refractivity contribution is 5.24. The Hall–Kier alpha value is -1.05. The lowest BCUT2D eigenvalue weighted by Gasteiger charge is -2.52. The van der Waals surface area contributed by atoms with Crippen LogP contribution in [0.15, 0.2) is 24.3 Å². The Balaban J connectivity index is 1.63. The van der Waals surface area contributed by atoms with Crippen molar-refractivity contribution < 1.29 is 28.4 Å². The maximum atomic E-state index is 13.3. The second-order valence-electron chi connectivity index (χ2n) is 6.88. The van der Waals surface area contributed by atoms with Gasteiger partial charge in [-0.05, 0) is 44.4 Å². The minimum Gasteiger partial charge on any atom is -0.392 e. The number of ether oxygens (including phenoxy) is 4. The monoisotopic (exact) mass is 338 g/mol. The minimum absolute atomic E-state index is 0.0668. The second-order valence-corrected chi connectivity index (χ2v) is 6.88. The van der Waals surface area contributed by atoms with Crippen LogP contribution in [0, 0.1) is 17.7 Å². The van der Waals surface area contributed by atoms with E-state index in [1.54, 1.807) is 12.1 Å². The van der Waals surface area contributed by atoms with Gasteiger partial charge in [-0.3, -0.25) is 0 Å². The lowest BCUT2D eigenvalue weighted by molar-refractivity contribution is -0.434. The lowest BCUT2D eigenvalue weighted by atomic mass is 9.66. The molecule has 3 fully saturated rings. The molecule has 3 aliphatic rings. The summed E-state index contributed by atoms with van der Waals surface area (Å²) >= 11 is 0. The fourth-order valence-corrected chi connectivity index (χ4v) is 4.24. The third-order valence-electron chi connectivity index (χ3n) is 5.34. The van der Waals surface area contributed by atoms with Crippen molar-refractivity contribution in [3.63, 3.8) is 0 Å². The molecule has 0 radical (unpaired) electrons. The van der Waals surface area contributed by atoms with Gasteiger partial charge in [0.25, 0.3) is 0 Å². The van der Waals surface area contributed by atoms with E-state index in [-0.39, 0.29) is 42.4 Å². The summed E-state index contributed by atoms with van der Waals surface area (Å²) in [5.74, 6) is -0.531. The first-order chi connectivity index (χ1) is 11.5. The molecule has 2 saturated heterocycles. The first-order valence-corrected chi connectivity index (χ1v) is 8.58. The topological polar surface area (TPSA) is 57.2 Å². The van der Waals surface area contributed by atoms with Gasteiger partial charge < -0.3 is 24.1 Å². The molecule has 0 aromatic heterocycles. The second kappa shape index (κ2) is 6.35. The van der Waals surface area contributed by atoms with Crippen molar-refractivity contribution in [2.24, 2.45) is 11.8 Å². The Morgan fingerprint density at radius 2 is 1.50 bits per heavy atom. The Labute approximate surface area is 140 Å². The van der Waals surface area contributed by atoms with Gasteiger partial charge in [-0.2, -0.15) is 0 Å². The fraction of sp³-hybridized carbons (Fsp3) is 0.667. The minimum atomic E-state index is -0.530.